The maximum absolute atomic E-state index is 5.76. The lowest BCUT2D eigenvalue weighted by atomic mass is 10.2. The Bertz CT molecular complexity index is 416. The summed E-state index contributed by atoms with van der Waals surface area (Å²) in [4.78, 5) is 4.92. The van der Waals surface area contributed by atoms with Crippen LogP contribution in [-0.2, 0) is 6.54 Å². The van der Waals surface area contributed by atoms with E-state index in [1.54, 1.807) is 0 Å². The number of hydrogen-bond acceptors (Lipinski definition) is 4. The van der Waals surface area contributed by atoms with E-state index < -0.39 is 0 Å². The highest BCUT2D eigenvalue weighted by atomic mass is 16.5. The fraction of sp³-hybridized carbons (Fsp3) is 0.647. The smallest absolute Gasteiger partial charge is 0.120 e. The third-order valence-corrected chi connectivity index (χ3v) is 3.73. The van der Waals surface area contributed by atoms with Crippen molar-refractivity contribution >= 4 is 0 Å². The molecule has 0 radical (unpaired) electrons. The van der Waals surface area contributed by atoms with Gasteiger partial charge in [-0.2, -0.15) is 0 Å². The standard InChI is InChI=1S/C17H29N3O/c1-15(2)21-17-6-4-5-16(13-17)14-19(3)11-12-20-9-7-18-8-10-20/h4-6,13,15,18H,7-12,14H2,1-3H3. The van der Waals surface area contributed by atoms with Crippen molar-refractivity contribution in [2.45, 2.75) is 26.5 Å². The molecule has 2 rings (SSSR count). The van der Waals surface area contributed by atoms with Gasteiger partial charge in [-0.25, -0.2) is 0 Å². The van der Waals surface area contributed by atoms with Gasteiger partial charge in [-0.1, -0.05) is 12.1 Å². The predicted molar refractivity (Wildman–Crippen MR) is 87.8 cm³/mol. The van der Waals surface area contributed by atoms with E-state index in [9.17, 15) is 0 Å². The summed E-state index contributed by atoms with van der Waals surface area (Å²) in [6.45, 7) is 11.9. The van der Waals surface area contributed by atoms with Gasteiger partial charge in [0.05, 0.1) is 6.10 Å². The second kappa shape index (κ2) is 8.37. The van der Waals surface area contributed by atoms with Crippen molar-refractivity contribution in [3.8, 4) is 5.75 Å². The fourth-order valence-electron chi connectivity index (χ4n) is 2.63. The molecule has 0 atom stereocenters. The molecule has 4 nitrogen and oxygen atoms in total. The minimum atomic E-state index is 0.227. The molecule has 0 saturated carbocycles. The Hall–Kier alpha value is -1.10. The average molecular weight is 291 g/mol. The van der Waals surface area contributed by atoms with Gasteiger partial charge in [0.15, 0.2) is 0 Å². The molecule has 0 spiro atoms. The van der Waals surface area contributed by atoms with E-state index in [-0.39, 0.29) is 6.10 Å². The molecule has 0 bridgehead atoms. The van der Waals surface area contributed by atoms with Crippen LogP contribution in [0.15, 0.2) is 24.3 Å². The number of nitrogens with zero attached hydrogens (tertiary/aromatic N) is 2. The lowest BCUT2D eigenvalue weighted by molar-refractivity contribution is 0.202. The predicted octanol–water partition coefficient (Wildman–Crippen LogP) is 1.81. The van der Waals surface area contributed by atoms with Gasteiger partial charge >= 0.3 is 0 Å². The number of ether oxygens (including phenoxy) is 1. The molecular formula is C17H29N3O. The van der Waals surface area contributed by atoms with Crippen LogP contribution in [0.3, 0.4) is 0 Å². The van der Waals surface area contributed by atoms with Crippen molar-refractivity contribution in [2.24, 2.45) is 0 Å². The molecular weight excluding hydrogens is 262 g/mol. The Morgan fingerprint density at radius 3 is 2.76 bits per heavy atom. The molecule has 1 aromatic rings. The van der Waals surface area contributed by atoms with Crippen LogP contribution in [0.4, 0.5) is 0 Å². The van der Waals surface area contributed by atoms with Gasteiger partial charge in [0.25, 0.3) is 0 Å². The second-order valence-electron chi connectivity index (χ2n) is 6.14. The second-order valence-corrected chi connectivity index (χ2v) is 6.14. The monoisotopic (exact) mass is 291 g/mol. The number of nitrogens with one attached hydrogen (secondary N) is 1. The zero-order chi connectivity index (χ0) is 15.1. The molecule has 1 aliphatic rings. The van der Waals surface area contributed by atoms with Crippen molar-refractivity contribution in [3.63, 3.8) is 0 Å². The molecule has 1 fully saturated rings. The number of piperazine rings is 1. The zero-order valence-electron chi connectivity index (χ0n) is 13.6. The average Bonchev–Trinajstić information content (AvgIpc) is 2.46. The molecule has 0 amide bonds. The SMILES string of the molecule is CC(C)Oc1cccc(CN(C)CCN2CCNCC2)c1. The van der Waals surface area contributed by atoms with Gasteiger partial charge in [-0.05, 0) is 38.6 Å². The molecule has 0 aliphatic carbocycles. The molecule has 1 aliphatic heterocycles. The maximum atomic E-state index is 5.76. The minimum Gasteiger partial charge on any atom is -0.491 e. The largest absolute Gasteiger partial charge is 0.491 e. The molecule has 1 heterocycles. The molecule has 4 heteroatoms. The first-order chi connectivity index (χ1) is 10.1. The fourth-order valence-corrected chi connectivity index (χ4v) is 2.63. The maximum Gasteiger partial charge on any atom is 0.120 e. The van der Waals surface area contributed by atoms with Gasteiger partial charge < -0.3 is 15.0 Å². The molecule has 0 unspecified atom stereocenters. The Labute approximate surface area is 129 Å². The van der Waals surface area contributed by atoms with E-state index in [1.807, 2.05) is 6.07 Å². The van der Waals surface area contributed by atoms with E-state index in [4.69, 9.17) is 4.74 Å². The van der Waals surface area contributed by atoms with Gasteiger partial charge in [-0.3, -0.25) is 4.90 Å². The van der Waals surface area contributed by atoms with Gasteiger partial charge in [-0.15, -0.1) is 0 Å². The highest BCUT2D eigenvalue weighted by molar-refractivity contribution is 5.28. The van der Waals surface area contributed by atoms with Crippen LogP contribution in [0.25, 0.3) is 0 Å². The molecule has 1 aromatic carbocycles. The van der Waals surface area contributed by atoms with E-state index in [0.717, 1.165) is 38.5 Å². The highest BCUT2D eigenvalue weighted by Crippen LogP contribution is 2.16. The van der Waals surface area contributed by atoms with Crippen LogP contribution < -0.4 is 10.1 Å². The summed E-state index contributed by atoms with van der Waals surface area (Å²) in [6.07, 6.45) is 0.227. The Morgan fingerprint density at radius 2 is 2.05 bits per heavy atom. The zero-order valence-corrected chi connectivity index (χ0v) is 13.6. The van der Waals surface area contributed by atoms with Crippen molar-refractivity contribution in [1.29, 1.82) is 0 Å². The van der Waals surface area contributed by atoms with Crippen LogP contribution in [0.5, 0.6) is 5.75 Å². The molecule has 1 saturated heterocycles. The minimum absolute atomic E-state index is 0.227. The summed E-state index contributed by atoms with van der Waals surface area (Å²) in [5, 5.41) is 3.39. The number of likely N-dealkylation sites (N-methyl/N-ethyl adjacent to an activating group) is 1. The third kappa shape index (κ3) is 6.04. The normalized spacial score (nSPS) is 16.6. The lowest BCUT2D eigenvalue weighted by Crippen LogP contribution is -2.45. The van der Waals surface area contributed by atoms with Crippen LogP contribution in [0.1, 0.15) is 19.4 Å². The van der Waals surface area contributed by atoms with Crippen LogP contribution in [0, 0.1) is 0 Å². The van der Waals surface area contributed by atoms with Crippen molar-refractivity contribution in [3.05, 3.63) is 29.8 Å². The molecule has 21 heavy (non-hydrogen) atoms. The van der Waals surface area contributed by atoms with E-state index >= 15 is 0 Å². The van der Waals surface area contributed by atoms with Crippen molar-refractivity contribution in [2.75, 3.05) is 46.3 Å². The summed E-state index contributed by atoms with van der Waals surface area (Å²) in [5.41, 5.74) is 1.32. The number of rotatable bonds is 7. The van der Waals surface area contributed by atoms with Gasteiger partial charge in [0.1, 0.15) is 5.75 Å². The van der Waals surface area contributed by atoms with Gasteiger partial charge in [0, 0.05) is 45.8 Å². The summed E-state index contributed by atoms with van der Waals surface area (Å²) in [5.74, 6) is 0.970. The van der Waals surface area contributed by atoms with E-state index in [0.29, 0.717) is 0 Å². The van der Waals surface area contributed by atoms with Crippen molar-refractivity contribution in [1.82, 2.24) is 15.1 Å². The van der Waals surface area contributed by atoms with Crippen LogP contribution in [0.2, 0.25) is 0 Å². The van der Waals surface area contributed by atoms with Crippen molar-refractivity contribution < 1.29 is 4.74 Å². The Balaban J connectivity index is 1.77. The van der Waals surface area contributed by atoms with Crippen LogP contribution in [-0.4, -0.2) is 62.2 Å². The van der Waals surface area contributed by atoms with Crippen LogP contribution >= 0.6 is 0 Å². The summed E-state index contributed by atoms with van der Waals surface area (Å²) in [6, 6.07) is 8.44. The summed E-state index contributed by atoms with van der Waals surface area (Å²) in [7, 11) is 2.19. The Kier molecular flexibility index (Phi) is 6.49. The molecule has 118 valence electrons. The number of hydrogen-bond donors (Lipinski definition) is 1. The Morgan fingerprint density at radius 1 is 1.29 bits per heavy atom. The van der Waals surface area contributed by atoms with Gasteiger partial charge in [0.2, 0.25) is 0 Å². The first-order valence-corrected chi connectivity index (χ1v) is 8.00. The highest BCUT2D eigenvalue weighted by Gasteiger charge is 2.10. The summed E-state index contributed by atoms with van der Waals surface area (Å²) >= 11 is 0. The first kappa shape index (κ1) is 16.3. The summed E-state index contributed by atoms with van der Waals surface area (Å²) < 4.78 is 5.76. The quantitative estimate of drug-likeness (QED) is 0.829. The number of benzene rings is 1. The first-order valence-electron chi connectivity index (χ1n) is 8.00. The third-order valence-electron chi connectivity index (χ3n) is 3.73. The molecule has 0 aromatic heterocycles. The topological polar surface area (TPSA) is 27.7 Å². The van der Waals surface area contributed by atoms with E-state index in [2.05, 4.69) is 54.2 Å². The molecule has 1 N–H and O–H groups in total. The lowest BCUT2D eigenvalue weighted by Gasteiger charge is -2.29. The van der Waals surface area contributed by atoms with E-state index in [1.165, 1.54) is 18.7 Å².